The molecule has 23 heavy (non-hydrogen) atoms. The Bertz CT molecular complexity index is 756. The number of benzene rings is 2. The first-order chi connectivity index (χ1) is 10.7. The number of aliphatic hydroxyl groups is 1. The molecule has 124 valence electrons. The third-order valence-corrected chi connectivity index (χ3v) is 4.83. The van der Waals surface area contributed by atoms with E-state index in [1.807, 2.05) is 0 Å². The van der Waals surface area contributed by atoms with Crippen molar-refractivity contribution in [1.29, 1.82) is 0 Å². The molecule has 2 aromatic rings. The minimum atomic E-state index is -4.52. The van der Waals surface area contributed by atoms with E-state index >= 15 is 0 Å². The van der Waals surface area contributed by atoms with Crippen molar-refractivity contribution in [3.8, 4) is 0 Å². The van der Waals surface area contributed by atoms with Crippen molar-refractivity contribution in [2.24, 2.45) is 0 Å². The average Bonchev–Trinajstić information content (AvgIpc) is 2.46. The maximum Gasteiger partial charge on any atom is 0.416 e. The van der Waals surface area contributed by atoms with Gasteiger partial charge in [0.15, 0.2) is 9.84 Å². The van der Waals surface area contributed by atoms with Gasteiger partial charge in [0.2, 0.25) is 0 Å². The average molecular weight is 344 g/mol. The van der Waals surface area contributed by atoms with Crippen molar-refractivity contribution < 1.29 is 26.7 Å². The predicted octanol–water partition coefficient (Wildman–Crippen LogP) is 3.35. The molecule has 0 aliphatic carbocycles. The van der Waals surface area contributed by atoms with Crippen LogP contribution in [-0.4, -0.2) is 19.3 Å². The molecule has 0 radical (unpaired) electrons. The van der Waals surface area contributed by atoms with Crippen LogP contribution in [0.1, 0.15) is 22.8 Å². The van der Waals surface area contributed by atoms with Crippen LogP contribution in [-0.2, 0) is 21.8 Å². The number of aliphatic hydroxyl groups excluding tert-OH is 1. The Morgan fingerprint density at radius 2 is 1.65 bits per heavy atom. The molecule has 2 rings (SSSR count). The van der Waals surface area contributed by atoms with Crippen LogP contribution in [0.5, 0.6) is 0 Å². The van der Waals surface area contributed by atoms with Crippen LogP contribution in [0, 0.1) is 0 Å². The van der Waals surface area contributed by atoms with Crippen molar-refractivity contribution in [1.82, 2.24) is 0 Å². The summed E-state index contributed by atoms with van der Waals surface area (Å²) in [4.78, 5) is 0. The molecule has 0 aromatic heterocycles. The second-order valence-electron chi connectivity index (χ2n) is 5.18. The number of hydrogen-bond donors (Lipinski definition) is 1. The predicted molar refractivity (Wildman–Crippen MR) is 80.3 cm³/mol. The van der Waals surface area contributed by atoms with Gasteiger partial charge in [-0.05, 0) is 17.2 Å². The summed E-state index contributed by atoms with van der Waals surface area (Å²) in [7, 11) is -3.76. The monoisotopic (exact) mass is 344 g/mol. The quantitative estimate of drug-likeness (QED) is 0.905. The van der Waals surface area contributed by atoms with Crippen molar-refractivity contribution in [2.75, 3.05) is 5.75 Å². The van der Waals surface area contributed by atoms with E-state index in [1.165, 1.54) is 12.1 Å². The fourth-order valence-electron chi connectivity index (χ4n) is 2.16. The zero-order valence-corrected chi connectivity index (χ0v) is 12.8. The summed E-state index contributed by atoms with van der Waals surface area (Å²) in [6.45, 7) is 0. The summed E-state index contributed by atoms with van der Waals surface area (Å²) in [5.74, 6) is -1.10. The standard InChI is InChI=1S/C16H15F3O3S/c17-16(18,19)14-8-4-5-12(9-14)10-23(21,22)11-15(20)13-6-2-1-3-7-13/h1-9,15,20H,10-11H2. The minimum absolute atomic E-state index is 0.0417. The summed E-state index contributed by atoms with van der Waals surface area (Å²) in [6.07, 6.45) is -5.74. The molecule has 0 saturated carbocycles. The zero-order valence-electron chi connectivity index (χ0n) is 12.0. The van der Waals surface area contributed by atoms with Crippen LogP contribution in [0.2, 0.25) is 0 Å². The van der Waals surface area contributed by atoms with Crippen LogP contribution in [0.15, 0.2) is 54.6 Å². The van der Waals surface area contributed by atoms with Crippen molar-refractivity contribution in [3.63, 3.8) is 0 Å². The molecule has 0 saturated heterocycles. The highest BCUT2D eigenvalue weighted by atomic mass is 32.2. The van der Waals surface area contributed by atoms with Gasteiger partial charge in [0, 0.05) is 0 Å². The van der Waals surface area contributed by atoms with Gasteiger partial charge in [0.25, 0.3) is 0 Å². The van der Waals surface area contributed by atoms with Crippen molar-refractivity contribution >= 4 is 9.84 Å². The topological polar surface area (TPSA) is 54.4 Å². The third kappa shape index (κ3) is 5.07. The lowest BCUT2D eigenvalue weighted by Gasteiger charge is -2.12. The normalized spacial score (nSPS) is 13.7. The Morgan fingerprint density at radius 1 is 1.00 bits per heavy atom. The number of sulfone groups is 1. The van der Waals surface area contributed by atoms with E-state index in [-0.39, 0.29) is 5.56 Å². The zero-order chi connectivity index (χ0) is 17.1. The smallest absolute Gasteiger partial charge is 0.387 e. The molecule has 0 spiro atoms. The summed E-state index contributed by atoms with van der Waals surface area (Å²) < 4.78 is 62.1. The lowest BCUT2D eigenvalue weighted by atomic mass is 10.1. The minimum Gasteiger partial charge on any atom is -0.387 e. The summed E-state index contributed by atoms with van der Waals surface area (Å²) in [5.41, 5.74) is -0.408. The number of rotatable bonds is 5. The van der Waals surface area contributed by atoms with Gasteiger partial charge in [0.1, 0.15) is 0 Å². The molecule has 0 aliphatic rings. The molecule has 0 fully saturated rings. The molecular weight excluding hydrogens is 329 g/mol. The molecule has 1 N–H and O–H groups in total. The van der Waals surface area contributed by atoms with Crippen LogP contribution >= 0.6 is 0 Å². The highest BCUT2D eigenvalue weighted by Gasteiger charge is 2.30. The first kappa shape index (κ1) is 17.5. The number of alkyl halides is 3. The van der Waals surface area contributed by atoms with Gasteiger partial charge in [0.05, 0.1) is 23.2 Å². The molecule has 1 unspecified atom stereocenters. The highest BCUT2D eigenvalue weighted by Crippen LogP contribution is 2.30. The summed E-state index contributed by atoms with van der Waals surface area (Å²) >= 11 is 0. The highest BCUT2D eigenvalue weighted by molar-refractivity contribution is 7.90. The second kappa shape index (κ2) is 6.72. The van der Waals surface area contributed by atoms with E-state index in [1.54, 1.807) is 30.3 Å². The molecule has 2 aromatic carbocycles. The van der Waals surface area contributed by atoms with Crippen molar-refractivity contribution in [3.05, 3.63) is 71.3 Å². The van der Waals surface area contributed by atoms with E-state index in [2.05, 4.69) is 0 Å². The Morgan fingerprint density at radius 3 is 2.26 bits per heavy atom. The van der Waals surface area contributed by atoms with Gasteiger partial charge in [-0.25, -0.2) is 8.42 Å². The molecule has 0 bridgehead atoms. The first-order valence-electron chi connectivity index (χ1n) is 6.77. The van der Waals surface area contributed by atoms with Gasteiger partial charge >= 0.3 is 6.18 Å². The summed E-state index contributed by atoms with van der Waals surface area (Å²) in [5, 5.41) is 9.96. The molecule has 0 amide bonds. The molecule has 0 aliphatic heterocycles. The van der Waals surface area contributed by atoms with E-state index < -0.39 is 39.2 Å². The third-order valence-electron chi connectivity index (χ3n) is 3.24. The van der Waals surface area contributed by atoms with E-state index in [9.17, 15) is 26.7 Å². The lowest BCUT2D eigenvalue weighted by Crippen LogP contribution is -2.16. The fraction of sp³-hybridized carbons (Fsp3) is 0.250. The molecular formula is C16H15F3O3S. The molecule has 3 nitrogen and oxygen atoms in total. The van der Waals surface area contributed by atoms with Crippen LogP contribution < -0.4 is 0 Å². The van der Waals surface area contributed by atoms with Gasteiger partial charge < -0.3 is 5.11 Å². The van der Waals surface area contributed by atoms with Crippen LogP contribution in [0.3, 0.4) is 0 Å². The van der Waals surface area contributed by atoms with E-state index in [4.69, 9.17) is 0 Å². The van der Waals surface area contributed by atoms with Gasteiger partial charge in [-0.15, -0.1) is 0 Å². The maximum absolute atomic E-state index is 12.6. The van der Waals surface area contributed by atoms with Crippen LogP contribution in [0.25, 0.3) is 0 Å². The Balaban J connectivity index is 2.13. The van der Waals surface area contributed by atoms with Crippen LogP contribution in [0.4, 0.5) is 13.2 Å². The van der Waals surface area contributed by atoms with E-state index in [0.29, 0.717) is 5.56 Å². The largest absolute Gasteiger partial charge is 0.416 e. The SMILES string of the molecule is O=S(=O)(Cc1cccc(C(F)(F)F)c1)CC(O)c1ccccc1. The Hall–Kier alpha value is -1.86. The number of halogens is 3. The van der Waals surface area contributed by atoms with Gasteiger partial charge in [-0.2, -0.15) is 13.2 Å². The summed E-state index contributed by atoms with van der Waals surface area (Å²) in [6, 6.07) is 12.4. The maximum atomic E-state index is 12.6. The first-order valence-corrected chi connectivity index (χ1v) is 8.59. The van der Waals surface area contributed by atoms with Gasteiger partial charge in [-0.3, -0.25) is 0 Å². The molecule has 7 heteroatoms. The van der Waals surface area contributed by atoms with Gasteiger partial charge in [-0.1, -0.05) is 48.5 Å². The second-order valence-corrected chi connectivity index (χ2v) is 7.29. The van der Waals surface area contributed by atoms with E-state index in [0.717, 1.165) is 12.1 Å². The Kier molecular flexibility index (Phi) is 5.11. The van der Waals surface area contributed by atoms with Crippen molar-refractivity contribution in [2.45, 2.75) is 18.0 Å². The number of hydrogen-bond acceptors (Lipinski definition) is 3. The fourth-order valence-corrected chi connectivity index (χ4v) is 3.64. The molecule has 0 heterocycles. The molecule has 1 atom stereocenters. The Labute approximate surface area is 132 Å². The lowest BCUT2D eigenvalue weighted by molar-refractivity contribution is -0.137.